The minimum atomic E-state index is 0.613. The molecule has 8 heavy (non-hydrogen) atoms. The number of halogens is 2. The van der Waals surface area contributed by atoms with Gasteiger partial charge in [0.2, 0.25) is 0 Å². The van der Waals surface area contributed by atoms with Crippen molar-refractivity contribution in [3.63, 3.8) is 0 Å². The Kier molecular flexibility index (Phi) is 7.61. The third kappa shape index (κ3) is 6.32. The number of rotatable bonds is 4. The van der Waals surface area contributed by atoms with Crippen LogP contribution in [0.15, 0.2) is 12.2 Å². The Labute approximate surface area is 60.5 Å². The molecule has 0 heterocycles. The van der Waals surface area contributed by atoms with E-state index in [0.29, 0.717) is 5.88 Å². The fourth-order valence-electron chi connectivity index (χ4n) is 0.376. The van der Waals surface area contributed by atoms with Crippen molar-refractivity contribution in [2.45, 2.75) is 12.8 Å². The van der Waals surface area contributed by atoms with E-state index in [1.807, 2.05) is 6.08 Å². The highest BCUT2D eigenvalue weighted by Crippen LogP contribution is 1.92. The lowest BCUT2D eigenvalue weighted by Gasteiger charge is -1.83. The van der Waals surface area contributed by atoms with Gasteiger partial charge in [0, 0.05) is 11.8 Å². The topological polar surface area (TPSA) is 0 Å². The summed E-state index contributed by atoms with van der Waals surface area (Å²) in [5, 5.41) is 0. The first-order chi connectivity index (χ1) is 3.91. The van der Waals surface area contributed by atoms with E-state index in [0.717, 1.165) is 18.7 Å². The molecule has 0 saturated heterocycles. The molecule has 0 N–H and O–H groups in total. The van der Waals surface area contributed by atoms with Crippen LogP contribution in [0.5, 0.6) is 0 Å². The van der Waals surface area contributed by atoms with Gasteiger partial charge in [-0.05, 0) is 12.8 Å². The molecule has 0 bridgehead atoms. The van der Waals surface area contributed by atoms with Crippen LogP contribution in [-0.4, -0.2) is 11.8 Å². The van der Waals surface area contributed by atoms with Gasteiger partial charge in [-0.15, -0.1) is 23.2 Å². The largest absolute Gasteiger partial charge is 0.127 e. The highest BCUT2D eigenvalue weighted by Gasteiger charge is 1.76. The molecule has 0 fully saturated rings. The van der Waals surface area contributed by atoms with Crippen molar-refractivity contribution in [1.29, 1.82) is 0 Å². The first-order valence-electron chi connectivity index (χ1n) is 2.68. The normalized spacial score (nSPS) is 10.8. The summed E-state index contributed by atoms with van der Waals surface area (Å²) in [6, 6.07) is 0. The highest BCUT2D eigenvalue weighted by atomic mass is 35.5. The molecule has 0 aliphatic heterocycles. The summed E-state index contributed by atoms with van der Waals surface area (Å²) in [6.45, 7) is 0. The Morgan fingerprint density at radius 1 is 1.12 bits per heavy atom. The Hall–Kier alpha value is 0.320. The fraction of sp³-hybridized carbons (Fsp3) is 0.667. The van der Waals surface area contributed by atoms with Crippen LogP contribution >= 0.6 is 23.2 Å². The molecule has 0 spiro atoms. The van der Waals surface area contributed by atoms with E-state index in [2.05, 4.69) is 6.08 Å². The van der Waals surface area contributed by atoms with Gasteiger partial charge in [-0.1, -0.05) is 12.2 Å². The Balaban J connectivity index is 2.80. The fourth-order valence-corrected chi connectivity index (χ4v) is 0.656. The summed E-state index contributed by atoms with van der Waals surface area (Å²) in [4.78, 5) is 0. The van der Waals surface area contributed by atoms with E-state index < -0.39 is 0 Å². The van der Waals surface area contributed by atoms with Crippen LogP contribution < -0.4 is 0 Å². The van der Waals surface area contributed by atoms with Crippen LogP contribution in [0.3, 0.4) is 0 Å². The standard InChI is InChI=1S/C6H10Cl2/c7-5-3-1-2-4-6-8/h1,3H,2,4-6H2. The zero-order chi connectivity index (χ0) is 6.24. The molecule has 0 unspecified atom stereocenters. The van der Waals surface area contributed by atoms with Crippen molar-refractivity contribution in [3.8, 4) is 0 Å². The van der Waals surface area contributed by atoms with Gasteiger partial charge in [0.15, 0.2) is 0 Å². The number of unbranched alkanes of at least 4 members (excludes halogenated alkanes) is 1. The predicted octanol–water partition coefficient (Wildman–Crippen LogP) is 2.80. The van der Waals surface area contributed by atoms with E-state index in [-0.39, 0.29) is 0 Å². The van der Waals surface area contributed by atoms with Crippen LogP contribution in [0, 0.1) is 0 Å². The van der Waals surface area contributed by atoms with E-state index >= 15 is 0 Å². The Bertz CT molecular complexity index is 59.5. The van der Waals surface area contributed by atoms with Crippen LogP contribution in [0.25, 0.3) is 0 Å². The maximum atomic E-state index is 5.41. The summed E-state index contributed by atoms with van der Waals surface area (Å²) in [5.74, 6) is 1.36. The van der Waals surface area contributed by atoms with Crippen molar-refractivity contribution < 1.29 is 0 Å². The van der Waals surface area contributed by atoms with Gasteiger partial charge in [-0.3, -0.25) is 0 Å². The van der Waals surface area contributed by atoms with Gasteiger partial charge in [-0.25, -0.2) is 0 Å². The smallest absolute Gasteiger partial charge is 0.0404 e. The molecule has 0 radical (unpaired) electrons. The number of alkyl halides is 2. The lowest BCUT2D eigenvalue weighted by atomic mass is 10.3. The van der Waals surface area contributed by atoms with Crippen LogP contribution in [0.1, 0.15) is 12.8 Å². The summed E-state index contributed by atoms with van der Waals surface area (Å²) in [5.41, 5.74) is 0. The van der Waals surface area contributed by atoms with E-state index in [4.69, 9.17) is 23.2 Å². The van der Waals surface area contributed by atoms with Crippen LogP contribution in [0.4, 0.5) is 0 Å². The molecule has 0 amide bonds. The molecule has 0 aliphatic carbocycles. The molecule has 0 aromatic heterocycles. The summed E-state index contributed by atoms with van der Waals surface area (Å²) < 4.78 is 0. The molecule has 48 valence electrons. The minimum absolute atomic E-state index is 0.613. The van der Waals surface area contributed by atoms with Crippen LogP contribution in [0.2, 0.25) is 0 Å². The summed E-state index contributed by atoms with van der Waals surface area (Å²) >= 11 is 10.8. The molecule has 2 heteroatoms. The molecule has 0 aromatic rings. The van der Waals surface area contributed by atoms with Gasteiger partial charge >= 0.3 is 0 Å². The zero-order valence-corrected chi connectivity index (χ0v) is 6.25. The van der Waals surface area contributed by atoms with Crippen LogP contribution in [-0.2, 0) is 0 Å². The number of hydrogen-bond acceptors (Lipinski definition) is 0. The average Bonchev–Trinajstić information content (AvgIpc) is 1.81. The Morgan fingerprint density at radius 2 is 1.88 bits per heavy atom. The first-order valence-corrected chi connectivity index (χ1v) is 3.75. The molecule has 0 aromatic carbocycles. The number of allylic oxidation sites excluding steroid dienone is 2. The van der Waals surface area contributed by atoms with Crippen molar-refractivity contribution in [1.82, 2.24) is 0 Å². The second-order valence-electron chi connectivity index (χ2n) is 1.46. The predicted molar refractivity (Wildman–Crippen MR) is 39.8 cm³/mol. The second kappa shape index (κ2) is 7.32. The van der Waals surface area contributed by atoms with Gasteiger partial charge < -0.3 is 0 Å². The SMILES string of the molecule is ClCC=CCCCCl. The maximum Gasteiger partial charge on any atom is 0.0404 e. The summed E-state index contributed by atoms with van der Waals surface area (Å²) in [6.07, 6.45) is 6.09. The van der Waals surface area contributed by atoms with Crippen molar-refractivity contribution in [2.24, 2.45) is 0 Å². The third-order valence-corrected chi connectivity index (χ3v) is 1.21. The van der Waals surface area contributed by atoms with Crippen molar-refractivity contribution >= 4 is 23.2 Å². The lowest BCUT2D eigenvalue weighted by molar-refractivity contribution is 0.965. The van der Waals surface area contributed by atoms with E-state index in [1.165, 1.54) is 0 Å². The molecular formula is C6H10Cl2. The lowest BCUT2D eigenvalue weighted by Crippen LogP contribution is -1.70. The minimum Gasteiger partial charge on any atom is -0.127 e. The summed E-state index contributed by atoms with van der Waals surface area (Å²) in [7, 11) is 0. The van der Waals surface area contributed by atoms with Gasteiger partial charge in [-0.2, -0.15) is 0 Å². The number of hydrogen-bond donors (Lipinski definition) is 0. The molecule has 0 aliphatic rings. The zero-order valence-electron chi connectivity index (χ0n) is 4.74. The maximum absolute atomic E-state index is 5.41. The molecule has 0 nitrogen and oxygen atoms in total. The average molecular weight is 153 g/mol. The highest BCUT2D eigenvalue weighted by molar-refractivity contribution is 6.18. The monoisotopic (exact) mass is 152 g/mol. The van der Waals surface area contributed by atoms with Gasteiger partial charge in [0.1, 0.15) is 0 Å². The molecule has 0 saturated carbocycles. The molecular weight excluding hydrogens is 143 g/mol. The quantitative estimate of drug-likeness (QED) is 0.331. The van der Waals surface area contributed by atoms with Gasteiger partial charge in [0.25, 0.3) is 0 Å². The van der Waals surface area contributed by atoms with Gasteiger partial charge in [0.05, 0.1) is 0 Å². The van der Waals surface area contributed by atoms with Crippen molar-refractivity contribution in [2.75, 3.05) is 11.8 Å². The van der Waals surface area contributed by atoms with Crippen molar-refractivity contribution in [3.05, 3.63) is 12.2 Å². The second-order valence-corrected chi connectivity index (χ2v) is 2.14. The Morgan fingerprint density at radius 3 is 2.38 bits per heavy atom. The first kappa shape index (κ1) is 8.32. The molecule has 0 rings (SSSR count). The third-order valence-electron chi connectivity index (χ3n) is 0.760. The van der Waals surface area contributed by atoms with E-state index in [1.54, 1.807) is 0 Å². The molecule has 0 atom stereocenters. The van der Waals surface area contributed by atoms with E-state index in [9.17, 15) is 0 Å².